The highest BCUT2D eigenvalue weighted by Crippen LogP contribution is 1.74. The lowest BCUT2D eigenvalue weighted by Gasteiger charge is -2.05. The van der Waals surface area contributed by atoms with Crippen LogP contribution in [0.15, 0.2) is 0 Å². The Labute approximate surface area is 63.8 Å². The Bertz CT molecular complexity index is 157. The van der Waals surface area contributed by atoms with E-state index >= 15 is 0 Å². The first-order valence-electron chi connectivity index (χ1n) is 2.99. The van der Waals surface area contributed by atoms with Gasteiger partial charge in [0, 0.05) is 0 Å². The predicted octanol–water partition coefficient (Wildman–Crippen LogP) is -2.13. The molecular weight excluding hydrogens is 150 g/mol. The fourth-order valence-corrected chi connectivity index (χ4v) is 0.271. The zero-order valence-corrected chi connectivity index (χ0v) is 6.16. The molecule has 0 saturated carbocycles. The van der Waals surface area contributed by atoms with E-state index in [1.54, 1.807) is 0 Å². The molecule has 0 fully saturated rings. The van der Waals surface area contributed by atoms with E-state index in [0.29, 0.717) is 0 Å². The molecular formula is C5H11N3O3. The molecule has 0 radical (unpaired) electrons. The van der Waals surface area contributed by atoms with Crippen molar-refractivity contribution in [1.82, 2.24) is 5.48 Å². The van der Waals surface area contributed by atoms with Gasteiger partial charge in [-0.3, -0.25) is 14.4 Å². The number of hydrogen-bond acceptors (Lipinski definition) is 4. The van der Waals surface area contributed by atoms with Gasteiger partial charge in [0.2, 0.25) is 5.91 Å². The SMILES string of the molecule is C[C@@H](N)C(=O)NOCC(N)=O. The number of carbonyl (C=O) groups excluding carboxylic acids is 2. The van der Waals surface area contributed by atoms with Gasteiger partial charge in [-0.25, -0.2) is 5.48 Å². The molecule has 0 unspecified atom stereocenters. The number of hydrogen-bond donors (Lipinski definition) is 3. The van der Waals surface area contributed by atoms with Crippen LogP contribution in [0.4, 0.5) is 0 Å². The number of amides is 2. The summed E-state index contributed by atoms with van der Waals surface area (Å²) in [5.41, 5.74) is 11.8. The third kappa shape index (κ3) is 5.31. The molecule has 0 bridgehead atoms. The van der Waals surface area contributed by atoms with E-state index in [1.165, 1.54) is 6.92 Å². The summed E-state index contributed by atoms with van der Waals surface area (Å²) in [4.78, 5) is 25.0. The number of nitrogens with two attached hydrogens (primary N) is 2. The van der Waals surface area contributed by atoms with Gasteiger partial charge in [0.05, 0.1) is 6.04 Å². The Morgan fingerprint density at radius 2 is 2.18 bits per heavy atom. The molecule has 0 spiro atoms. The highest BCUT2D eigenvalue weighted by atomic mass is 16.7. The first-order valence-corrected chi connectivity index (χ1v) is 2.99. The lowest BCUT2D eigenvalue weighted by Crippen LogP contribution is -2.39. The van der Waals surface area contributed by atoms with E-state index in [0.717, 1.165) is 0 Å². The third-order valence-corrected chi connectivity index (χ3v) is 0.801. The van der Waals surface area contributed by atoms with Crippen LogP contribution in [0, 0.1) is 0 Å². The van der Waals surface area contributed by atoms with Crippen LogP contribution in [-0.2, 0) is 14.4 Å². The van der Waals surface area contributed by atoms with Crippen molar-refractivity contribution in [3.8, 4) is 0 Å². The Morgan fingerprint density at radius 3 is 2.55 bits per heavy atom. The van der Waals surface area contributed by atoms with Gasteiger partial charge in [-0.2, -0.15) is 0 Å². The minimum Gasteiger partial charge on any atom is -0.368 e. The minimum absolute atomic E-state index is 0.349. The van der Waals surface area contributed by atoms with Crippen molar-refractivity contribution < 1.29 is 14.4 Å². The summed E-state index contributed by atoms with van der Waals surface area (Å²) in [6.07, 6.45) is 0. The summed E-state index contributed by atoms with van der Waals surface area (Å²) < 4.78 is 0. The Kier molecular flexibility index (Phi) is 4.16. The van der Waals surface area contributed by atoms with Gasteiger partial charge in [0.1, 0.15) is 0 Å². The van der Waals surface area contributed by atoms with Crippen LogP contribution in [-0.4, -0.2) is 24.5 Å². The van der Waals surface area contributed by atoms with E-state index in [9.17, 15) is 9.59 Å². The monoisotopic (exact) mass is 161 g/mol. The minimum atomic E-state index is -0.664. The quantitative estimate of drug-likeness (QED) is 0.409. The van der Waals surface area contributed by atoms with E-state index in [4.69, 9.17) is 11.5 Å². The van der Waals surface area contributed by atoms with Gasteiger partial charge in [-0.05, 0) is 6.92 Å². The summed E-state index contributed by atoms with van der Waals surface area (Å²) in [7, 11) is 0. The lowest BCUT2D eigenvalue weighted by molar-refractivity contribution is -0.138. The van der Waals surface area contributed by atoms with Gasteiger partial charge in [-0.1, -0.05) is 0 Å². The summed E-state index contributed by atoms with van der Waals surface area (Å²) in [5, 5.41) is 0. The fourth-order valence-electron chi connectivity index (χ4n) is 0.271. The number of hydroxylamine groups is 1. The van der Waals surface area contributed by atoms with Gasteiger partial charge >= 0.3 is 0 Å². The maximum atomic E-state index is 10.6. The average Bonchev–Trinajstić information content (AvgIpc) is 1.86. The molecule has 0 aliphatic rings. The second-order valence-electron chi connectivity index (χ2n) is 2.01. The molecule has 2 amide bonds. The van der Waals surface area contributed by atoms with Gasteiger partial charge in [-0.15, -0.1) is 0 Å². The average molecular weight is 161 g/mol. The molecule has 1 atom stereocenters. The summed E-state index contributed by atoms with van der Waals surface area (Å²) >= 11 is 0. The van der Waals surface area contributed by atoms with E-state index in [2.05, 4.69) is 4.84 Å². The number of nitrogens with one attached hydrogen (secondary N) is 1. The Hall–Kier alpha value is -1.14. The first-order chi connectivity index (χ1) is 5.04. The molecule has 0 rings (SSSR count). The van der Waals surface area contributed by atoms with Crippen molar-refractivity contribution in [2.75, 3.05) is 6.61 Å². The van der Waals surface area contributed by atoms with Crippen molar-refractivity contribution in [3.63, 3.8) is 0 Å². The van der Waals surface area contributed by atoms with Crippen LogP contribution in [0.2, 0.25) is 0 Å². The summed E-state index contributed by atoms with van der Waals surface area (Å²) in [6, 6.07) is -0.664. The summed E-state index contributed by atoms with van der Waals surface area (Å²) in [6.45, 7) is 1.14. The largest absolute Gasteiger partial charge is 0.368 e. The molecule has 64 valence electrons. The zero-order chi connectivity index (χ0) is 8.85. The van der Waals surface area contributed by atoms with Gasteiger partial charge in [0.25, 0.3) is 5.91 Å². The Balaban J connectivity index is 3.39. The van der Waals surface area contributed by atoms with Crippen molar-refractivity contribution in [3.05, 3.63) is 0 Å². The second kappa shape index (κ2) is 4.64. The molecule has 11 heavy (non-hydrogen) atoms. The predicted molar refractivity (Wildman–Crippen MR) is 36.9 cm³/mol. The molecule has 6 nitrogen and oxygen atoms in total. The highest BCUT2D eigenvalue weighted by molar-refractivity contribution is 5.80. The second-order valence-corrected chi connectivity index (χ2v) is 2.01. The Morgan fingerprint density at radius 1 is 1.64 bits per heavy atom. The lowest BCUT2D eigenvalue weighted by atomic mass is 10.4. The molecule has 0 aromatic rings. The summed E-state index contributed by atoms with van der Waals surface area (Å²) in [5.74, 6) is -1.15. The normalized spacial score (nSPS) is 12.2. The van der Waals surface area contributed by atoms with E-state index in [-0.39, 0.29) is 6.61 Å². The first kappa shape index (κ1) is 9.86. The molecule has 0 aromatic heterocycles. The van der Waals surface area contributed by atoms with Crippen LogP contribution in [0.1, 0.15) is 6.92 Å². The van der Waals surface area contributed by atoms with Crippen LogP contribution in [0.3, 0.4) is 0 Å². The van der Waals surface area contributed by atoms with Crippen LogP contribution < -0.4 is 16.9 Å². The topological polar surface area (TPSA) is 107 Å². The molecule has 6 heteroatoms. The highest BCUT2D eigenvalue weighted by Gasteiger charge is 2.06. The maximum absolute atomic E-state index is 10.6. The standard InChI is InChI=1S/C5H11N3O3/c1-3(6)5(10)8-11-2-4(7)9/h3H,2,6H2,1H3,(H2,7,9)(H,8,10)/t3-/m1/s1. The number of carbonyl (C=O) groups is 2. The van der Waals surface area contributed by atoms with E-state index in [1.807, 2.05) is 5.48 Å². The molecule has 0 aromatic carbocycles. The van der Waals surface area contributed by atoms with Crippen molar-refractivity contribution in [1.29, 1.82) is 0 Å². The molecule has 5 N–H and O–H groups in total. The number of rotatable bonds is 4. The van der Waals surface area contributed by atoms with Crippen LogP contribution >= 0.6 is 0 Å². The van der Waals surface area contributed by atoms with Crippen LogP contribution in [0.5, 0.6) is 0 Å². The van der Waals surface area contributed by atoms with Gasteiger partial charge < -0.3 is 11.5 Å². The molecule has 0 saturated heterocycles. The molecule has 0 aliphatic carbocycles. The molecule has 0 heterocycles. The van der Waals surface area contributed by atoms with Crippen LogP contribution in [0.25, 0.3) is 0 Å². The smallest absolute Gasteiger partial charge is 0.260 e. The third-order valence-electron chi connectivity index (χ3n) is 0.801. The van der Waals surface area contributed by atoms with Gasteiger partial charge in [0.15, 0.2) is 6.61 Å². The fraction of sp³-hybridized carbons (Fsp3) is 0.600. The number of primary amides is 1. The molecule has 0 aliphatic heterocycles. The maximum Gasteiger partial charge on any atom is 0.260 e. The zero-order valence-electron chi connectivity index (χ0n) is 6.16. The van der Waals surface area contributed by atoms with Crippen molar-refractivity contribution in [2.45, 2.75) is 13.0 Å². The van der Waals surface area contributed by atoms with E-state index < -0.39 is 17.9 Å². The van der Waals surface area contributed by atoms with Crippen molar-refractivity contribution in [2.24, 2.45) is 11.5 Å². The van der Waals surface area contributed by atoms with Crippen molar-refractivity contribution >= 4 is 11.8 Å².